The van der Waals surface area contributed by atoms with Gasteiger partial charge in [-0.25, -0.2) is 19.9 Å². The summed E-state index contributed by atoms with van der Waals surface area (Å²) < 4.78 is 3.50. The molecular formula is C40H25N5S. The first kappa shape index (κ1) is 26.4. The van der Waals surface area contributed by atoms with Gasteiger partial charge in [-0.15, -0.1) is 11.3 Å². The van der Waals surface area contributed by atoms with Crippen LogP contribution in [0.3, 0.4) is 0 Å². The maximum absolute atomic E-state index is 5.06. The highest BCUT2D eigenvalue weighted by atomic mass is 32.1. The van der Waals surface area contributed by atoms with E-state index in [9.17, 15) is 0 Å². The van der Waals surface area contributed by atoms with Gasteiger partial charge in [-0.1, -0.05) is 121 Å². The normalized spacial score (nSPS) is 11.5. The molecule has 0 radical (unpaired) electrons. The molecule has 216 valence electrons. The van der Waals surface area contributed by atoms with Crippen LogP contribution in [0, 0.1) is 0 Å². The third-order valence-electron chi connectivity index (χ3n) is 8.26. The first-order valence-corrected chi connectivity index (χ1v) is 16.0. The lowest BCUT2D eigenvalue weighted by atomic mass is 10.1. The van der Waals surface area contributed by atoms with Crippen LogP contribution in [-0.4, -0.2) is 24.5 Å². The topological polar surface area (TPSA) is 56.5 Å². The second-order valence-corrected chi connectivity index (χ2v) is 12.2. The van der Waals surface area contributed by atoms with E-state index < -0.39 is 0 Å². The van der Waals surface area contributed by atoms with Crippen LogP contribution in [0.5, 0.6) is 0 Å². The number of benzene rings is 6. The first-order valence-electron chi connectivity index (χ1n) is 15.2. The number of fused-ring (bicyclic) bond motifs is 4. The molecule has 3 heterocycles. The lowest BCUT2D eigenvalue weighted by Gasteiger charge is -2.11. The van der Waals surface area contributed by atoms with Gasteiger partial charge < -0.3 is 4.57 Å². The summed E-state index contributed by atoms with van der Waals surface area (Å²) >= 11 is 1.73. The largest absolute Gasteiger partial charge is 0.309 e. The van der Waals surface area contributed by atoms with Gasteiger partial charge in [0.2, 0.25) is 0 Å². The van der Waals surface area contributed by atoms with E-state index in [1.165, 1.54) is 15.5 Å². The summed E-state index contributed by atoms with van der Waals surface area (Å²) in [6, 6.07) is 52.1. The molecule has 0 unspecified atom stereocenters. The zero-order valence-corrected chi connectivity index (χ0v) is 25.4. The molecular weight excluding hydrogens is 583 g/mol. The SMILES string of the molecule is c1ccc(-c2nc(-c3ccccc3)nc(-c3cccc(-n4c5ccccc5c5cc6sc(-c7ccccc7)nc6cc54)c3)n2)cc1. The highest BCUT2D eigenvalue weighted by Gasteiger charge is 2.17. The van der Waals surface area contributed by atoms with Crippen LogP contribution in [0.1, 0.15) is 0 Å². The lowest BCUT2D eigenvalue weighted by Crippen LogP contribution is -2.01. The molecule has 6 heteroatoms. The van der Waals surface area contributed by atoms with Crippen molar-refractivity contribution in [3.05, 3.63) is 152 Å². The number of thiazole rings is 1. The number of aromatic nitrogens is 5. The molecule has 0 fully saturated rings. The number of rotatable bonds is 5. The summed E-state index contributed by atoms with van der Waals surface area (Å²) in [5, 5.41) is 3.44. The summed E-state index contributed by atoms with van der Waals surface area (Å²) in [5.74, 6) is 1.92. The van der Waals surface area contributed by atoms with Gasteiger partial charge in [0.15, 0.2) is 17.5 Å². The molecule has 0 amide bonds. The van der Waals surface area contributed by atoms with E-state index in [4.69, 9.17) is 19.9 Å². The molecule has 9 aromatic rings. The Kier molecular flexibility index (Phi) is 6.25. The van der Waals surface area contributed by atoms with E-state index in [1.54, 1.807) is 11.3 Å². The minimum atomic E-state index is 0.629. The van der Waals surface area contributed by atoms with E-state index in [0.717, 1.165) is 49.5 Å². The van der Waals surface area contributed by atoms with Crippen molar-refractivity contribution in [2.45, 2.75) is 0 Å². The third-order valence-corrected chi connectivity index (χ3v) is 9.33. The van der Waals surface area contributed by atoms with Crippen molar-refractivity contribution < 1.29 is 0 Å². The van der Waals surface area contributed by atoms with Crippen molar-refractivity contribution in [2.75, 3.05) is 0 Å². The molecule has 0 N–H and O–H groups in total. The fourth-order valence-electron chi connectivity index (χ4n) is 6.09. The Bertz CT molecular complexity index is 2460. The fourth-order valence-corrected chi connectivity index (χ4v) is 7.09. The van der Waals surface area contributed by atoms with Crippen LogP contribution in [0.4, 0.5) is 0 Å². The Balaban J connectivity index is 1.23. The predicted octanol–water partition coefficient (Wildman–Crippen LogP) is 10.2. The van der Waals surface area contributed by atoms with Gasteiger partial charge in [0.05, 0.1) is 21.3 Å². The molecule has 0 spiro atoms. The monoisotopic (exact) mass is 607 g/mol. The molecule has 9 rings (SSSR count). The summed E-state index contributed by atoms with van der Waals surface area (Å²) in [6.45, 7) is 0. The van der Waals surface area contributed by atoms with Crippen LogP contribution in [0.25, 0.3) is 82.4 Å². The third kappa shape index (κ3) is 4.55. The average Bonchev–Trinajstić information content (AvgIpc) is 3.70. The van der Waals surface area contributed by atoms with Crippen LogP contribution < -0.4 is 0 Å². The Morgan fingerprint density at radius 3 is 1.65 bits per heavy atom. The molecule has 6 aromatic carbocycles. The smallest absolute Gasteiger partial charge is 0.164 e. The van der Waals surface area contributed by atoms with Gasteiger partial charge in [0.25, 0.3) is 0 Å². The molecule has 0 aliphatic heterocycles. The van der Waals surface area contributed by atoms with E-state index >= 15 is 0 Å². The van der Waals surface area contributed by atoms with Gasteiger partial charge >= 0.3 is 0 Å². The van der Waals surface area contributed by atoms with Crippen molar-refractivity contribution in [1.82, 2.24) is 24.5 Å². The van der Waals surface area contributed by atoms with Crippen molar-refractivity contribution in [2.24, 2.45) is 0 Å². The highest BCUT2D eigenvalue weighted by molar-refractivity contribution is 7.21. The van der Waals surface area contributed by atoms with Crippen LogP contribution >= 0.6 is 11.3 Å². The second-order valence-electron chi connectivity index (χ2n) is 11.2. The molecule has 5 nitrogen and oxygen atoms in total. The minimum Gasteiger partial charge on any atom is -0.309 e. The quantitative estimate of drug-likeness (QED) is 0.195. The zero-order valence-electron chi connectivity index (χ0n) is 24.6. The Morgan fingerprint density at radius 1 is 0.413 bits per heavy atom. The Hall–Kier alpha value is -5.98. The van der Waals surface area contributed by atoms with Gasteiger partial charge in [-0.05, 0) is 30.3 Å². The number of hydrogen-bond donors (Lipinski definition) is 0. The van der Waals surface area contributed by atoms with E-state index in [2.05, 4.69) is 89.5 Å². The van der Waals surface area contributed by atoms with Crippen LogP contribution in [0.15, 0.2) is 152 Å². The minimum absolute atomic E-state index is 0.629. The highest BCUT2D eigenvalue weighted by Crippen LogP contribution is 2.38. The van der Waals surface area contributed by atoms with Gasteiger partial charge in [-0.2, -0.15) is 0 Å². The fraction of sp³-hybridized carbons (Fsp3) is 0. The lowest BCUT2D eigenvalue weighted by molar-refractivity contribution is 1.07. The molecule has 0 saturated heterocycles. The van der Waals surface area contributed by atoms with Crippen LogP contribution in [-0.2, 0) is 0 Å². The molecule has 3 aromatic heterocycles. The zero-order chi connectivity index (χ0) is 30.5. The number of nitrogens with zero attached hydrogens (tertiary/aromatic N) is 5. The molecule has 0 aliphatic rings. The Morgan fingerprint density at radius 2 is 0.978 bits per heavy atom. The van der Waals surface area contributed by atoms with Gasteiger partial charge in [0.1, 0.15) is 5.01 Å². The standard InChI is InChI=1S/C40H25N5S/c1-4-13-26(14-5-1)37-42-38(27-15-6-2-7-16-27)44-39(43-37)29-19-12-20-30(23-29)45-34-22-11-10-21-31(34)32-24-36-33(25-35(32)45)41-40(46-36)28-17-8-3-9-18-28/h1-25H. The average molecular weight is 608 g/mol. The van der Waals surface area contributed by atoms with Crippen molar-refractivity contribution in [3.8, 4) is 50.4 Å². The number of hydrogen-bond acceptors (Lipinski definition) is 5. The molecule has 0 saturated carbocycles. The predicted molar refractivity (Wildman–Crippen MR) is 189 cm³/mol. The van der Waals surface area contributed by atoms with Crippen molar-refractivity contribution >= 4 is 43.4 Å². The van der Waals surface area contributed by atoms with E-state index in [-0.39, 0.29) is 0 Å². The first-order chi connectivity index (χ1) is 22.8. The maximum Gasteiger partial charge on any atom is 0.164 e. The molecule has 46 heavy (non-hydrogen) atoms. The second kappa shape index (κ2) is 10.9. The summed E-state index contributed by atoms with van der Waals surface area (Å²) in [5.41, 5.74) is 8.23. The Labute approximate surface area is 269 Å². The molecule has 0 atom stereocenters. The summed E-state index contributed by atoms with van der Waals surface area (Å²) in [4.78, 5) is 19.9. The molecule has 0 bridgehead atoms. The van der Waals surface area contributed by atoms with E-state index in [1.807, 2.05) is 66.7 Å². The number of para-hydroxylation sites is 1. The van der Waals surface area contributed by atoms with Gasteiger partial charge in [-0.3, -0.25) is 0 Å². The van der Waals surface area contributed by atoms with Crippen molar-refractivity contribution in [3.63, 3.8) is 0 Å². The van der Waals surface area contributed by atoms with Crippen LogP contribution in [0.2, 0.25) is 0 Å². The molecule has 0 aliphatic carbocycles. The maximum atomic E-state index is 5.06. The summed E-state index contributed by atoms with van der Waals surface area (Å²) in [7, 11) is 0. The summed E-state index contributed by atoms with van der Waals surface area (Å²) in [6.07, 6.45) is 0. The van der Waals surface area contributed by atoms with Crippen molar-refractivity contribution in [1.29, 1.82) is 0 Å². The van der Waals surface area contributed by atoms with Gasteiger partial charge in [0, 0.05) is 38.7 Å². The van der Waals surface area contributed by atoms with E-state index in [0.29, 0.717) is 17.5 Å².